The topological polar surface area (TPSA) is 70.8 Å². The average Bonchev–Trinajstić information content (AvgIpc) is 3.31. The Morgan fingerprint density at radius 1 is 1.06 bits per heavy atom. The van der Waals surface area contributed by atoms with E-state index in [0.29, 0.717) is 28.9 Å². The minimum atomic E-state index is -0.759. The summed E-state index contributed by atoms with van der Waals surface area (Å²) in [5, 5.41) is 3.60. The lowest BCUT2D eigenvalue weighted by Crippen LogP contribution is -2.47. The molecule has 1 aromatic carbocycles. The van der Waals surface area contributed by atoms with Crippen LogP contribution in [-0.4, -0.2) is 26.0 Å². The van der Waals surface area contributed by atoms with Gasteiger partial charge < -0.3 is 10.3 Å². The highest BCUT2D eigenvalue weighted by molar-refractivity contribution is 6.01. The molecule has 2 N–H and O–H groups in total. The highest BCUT2D eigenvalue weighted by Crippen LogP contribution is 2.48. The number of fused-ring (bicyclic) bond motifs is 4. The van der Waals surface area contributed by atoms with Crippen molar-refractivity contribution in [1.82, 2.24) is 19.9 Å². The van der Waals surface area contributed by atoms with Crippen molar-refractivity contribution in [3.05, 3.63) is 65.9 Å². The molecule has 2 bridgehead atoms. The Balaban J connectivity index is 1.58. The lowest BCUT2D eigenvalue weighted by atomic mass is 9.62. The summed E-state index contributed by atoms with van der Waals surface area (Å²) in [5.41, 5.74) is 0.801. The van der Waals surface area contributed by atoms with E-state index in [2.05, 4.69) is 37.0 Å². The van der Waals surface area contributed by atoms with Crippen molar-refractivity contribution in [3.63, 3.8) is 0 Å². The van der Waals surface area contributed by atoms with Crippen LogP contribution in [0.1, 0.15) is 32.6 Å². The Bertz CT molecular complexity index is 1500. The zero-order chi connectivity index (χ0) is 25.0. The van der Waals surface area contributed by atoms with Gasteiger partial charge in [0.05, 0.1) is 17.8 Å². The van der Waals surface area contributed by atoms with Gasteiger partial charge in [0.2, 0.25) is 5.69 Å². The van der Waals surface area contributed by atoms with Crippen LogP contribution in [0, 0.1) is 41.8 Å². The van der Waals surface area contributed by atoms with Crippen molar-refractivity contribution >= 4 is 22.4 Å². The Hall–Kier alpha value is -3.93. The molecule has 3 aliphatic rings. The number of aromatic nitrogens is 4. The summed E-state index contributed by atoms with van der Waals surface area (Å²) in [7, 11) is 0. The lowest BCUT2D eigenvalue weighted by Gasteiger charge is -2.47. The molecule has 3 aromatic heterocycles. The van der Waals surface area contributed by atoms with Gasteiger partial charge in [0, 0.05) is 52.8 Å². The normalized spacial score (nSPS) is 23.1. The van der Waals surface area contributed by atoms with Crippen molar-refractivity contribution in [2.75, 3.05) is 5.32 Å². The summed E-state index contributed by atoms with van der Waals surface area (Å²) in [6.45, 7) is 10.1. The van der Waals surface area contributed by atoms with Gasteiger partial charge in [-0.25, -0.2) is 33.0 Å². The van der Waals surface area contributed by atoms with Gasteiger partial charge in [-0.2, -0.15) is 0 Å². The van der Waals surface area contributed by atoms with Crippen molar-refractivity contribution < 1.29 is 13.2 Å². The fraction of sp³-hybridized carbons (Fsp3) is 0.333. The van der Waals surface area contributed by atoms with Gasteiger partial charge in [-0.3, -0.25) is 0 Å². The van der Waals surface area contributed by atoms with Gasteiger partial charge in [-0.15, -0.1) is 0 Å². The standard InChI is InChI=1S/C27H23F3N6/c1-13-14-3-5-15(6-4-14)23(13)35-27-22(30)21(16-9-32-12-33-10-16)26(31-2)25(36-27)19-11-34-24-18(19)7-17(28)8-20(24)29/h7-15,23,34H,3-6H2,1H3,(H,35,36). The Morgan fingerprint density at radius 3 is 2.47 bits per heavy atom. The number of halogens is 3. The fourth-order valence-electron chi connectivity index (χ4n) is 6.15. The number of hydrogen-bond donors (Lipinski definition) is 2. The quantitative estimate of drug-likeness (QED) is 0.307. The number of H-pyrrole nitrogens is 1. The molecule has 4 aromatic rings. The molecule has 0 spiro atoms. The van der Waals surface area contributed by atoms with E-state index < -0.39 is 17.5 Å². The maximum atomic E-state index is 16.1. The number of pyridine rings is 1. The molecule has 182 valence electrons. The zero-order valence-electron chi connectivity index (χ0n) is 19.5. The molecule has 2 atom stereocenters. The Labute approximate surface area is 205 Å². The van der Waals surface area contributed by atoms with E-state index >= 15 is 4.39 Å². The highest BCUT2D eigenvalue weighted by Gasteiger charge is 2.42. The van der Waals surface area contributed by atoms with Crippen LogP contribution in [0.15, 0.2) is 37.1 Å². The van der Waals surface area contributed by atoms with Gasteiger partial charge in [-0.05, 0) is 49.5 Å². The van der Waals surface area contributed by atoms with Crippen LogP contribution in [-0.2, 0) is 0 Å². The number of nitrogens with zero attached hydrogens (tertiary/aromatic N) is 4. The minimum absolute atomic E-state index is 0.0120. The Kier molecular flexibility index (Phi) is 5.40. The molecule has 6 nitrogen and oxygen atoms in total. The molecule has 0 saturated heterocycles. The Morgan fingerprint density at radius 2 is 1.78 bits per heavy atom. The first-order valence-corrected chi connectivity index (χ1v) is 12.1. The molecule has 3 heterocycles. The van der Waals surface area contributed by atoms with Gasteiger partial charge in [0.1, 0.15) is 18.0 Å². The third-order valence-electron chi connectivity index (χ3n) is 7.97. The second-order valence-corrected chi connectivity index (χ2v) is 9.80. The van der Waals surface area contributed by atoms with E-state index in [1.165, 1.54) is 43.8 Å². The van der Waals surface area contributed by atoms with E-state index in [1.807, 2.05) is 0 Å². The van der Waals surface area contributed by atoms with E-state index in [0.717, 1.165) is 18.9 Å². The molecule has 36 heavy (non-hydrogen) atoms. The molecule has 7 rings (SSSR count). The number of nitrogens with one attached hydrogen (secondary N) is 2. The third-order valence-corrected chi connectivity index (χ3v) is 7.97. The molecular weight excluding hydrogens is 465 g/mol. The smallest absolute Gasteiger partial charge is 0.223 e. The van der Waals surface area contributed by atoms with E-state index in [1.54, 1.807) is 0 Å². The molecule has 0 aliphatic heterocycles. The van der Waals surface area contributed by atoms with Gasteiger partial charge in [-0.1, -0.05) is 6.92 Å². The number of hydrogen-bond acceptors (Lipinski definition) is 4. The predicted octanol–water partition coefficient (Wildman–Crippen LogP) is 6.89. The molecule has 3 fully saturated rings. The largest absolute Gasteiger partial charge is 0.364 e. The summed E-state index contributed by atoms with van der Waals surface area (Å²) < 4.78 is 44.7. The molecular formula is C27H23F3N6. The first-order valence-electron chi connectivity index (χ1n) is 12.1. The number of rotatable bonds is 4. The molecule has 3 saturated carbocycles. The summed E-state index contributed by atoms with van der Waals surface area (Å²) in [5.74, 6) is -0.812. The monoisotopic (exact) mass is 488 g/mol. The predicted molar refractivity (Wildman–Crippen MR) is 131 cm³/mol. The average molecular weight is 489 g/mol. The van der Waals surface area contributed by atoms with Crippen LogP contribution in [0.5, 0.6) is 0 Å². The maximum absolute atomic E-state index is 16.1. The number of benzene rings is 1. The molecule has 3 aliphatic carbocycles. The SMILES string of the molecule is [C-]#[N+]c1c(-c2c[nH]c3c(F)cc(F)cc23)nc(NC2C3CCC(CC3)C2C)c(F)c1-c1cncnc1. The van der Waals surface area contributed by atoms with E-state index in [-0.39, 0.29) is 39.7 Å². The van der Waals surface area contributed by atoms with Crippen molar-refractivity contribution in [3.8, 4) is 22.4 Å². The number of anilines is 1. The molecule has 0 amide bonds. The highest BCUT2D eigenvalue weighted by atomic mass is 19.1. The lowest BCUT2D eigenvalue weighted by molar-refractivity contribution is 0.0926. The van der Waals surface area contributed by atoms with Crippen LogP contribution in [0.25, 0.3) is 38.1 Å². The zero-order valence-corrected chi connectivity index (χ0v) is 19.5. The van der Waals surface area contributed by atoms with Crippen LogP contribution >= 0.6 is 0 Å². The first kappa shape index (κ1) is 22.5. The maximum Gasteiger partial charge on any atom is 0.223 e. The van der Waals surface area contributed by atoms with Crippen LogP contribution in [0.2, 0.25) is 0 Å². The number of aromatic amines is 1. The van der Waals surface area contributed by atoms with Crippen molar-refractivity contribution in [1.29, 1.82) is 0 Å². The summed E-state index contributed by atoms with van der Waals surface area (Å²) in [6.07, 6.45) is 10.2. The van der Waals surface area contributed by atoms with Crippen LogP contribution in [0.3, 0.4) is 0 Å². The van der Waals surface area contributed by atoms with E-state index in [4.69, 9.17) is 6.57 Å². The fourth-order valence-corrected chi connectivity index (χ4v) is 6.15. The first-order chi connectivity index (χ1) is 17.5. The molecule has 0 radical (unpaired) electrons. The molecule has 2 unspecified atom stereocenters. The minimum Gasteiger partial charge on any atom is -0.364 e. The van der Waals surface area contributed by atoms with Crippen LogP contribution < -0.4 is 5.32 Å². The third kappa shape index (κ3) is 3.51. The summed E-state index contributed by atoms with van der Waals surface area (Å²) in [6, 6.07) is 2.02. The van der Waals surface area contributed by atoms with Crippen molar-refractivity contribution in [2.24, 2.45) is 17.8 Å². The van der Waals surface area contributed by atoms with Gasteiger partial charge in [0.15, 0.2) is 11.6 Å². The van der Waals surface area contributed by atoms with Gasteiger partial charge in [0.25, 0.3) is 0 Å². The van der Waals surface area contributed by atoms with Crippen LogP contribution in [0.4, 0.5) is 24.7 Å². The van der Waals surface area contributed by atoms with Gasteiger partial charge >= 0.3 is 0 Å². The summed E-state index contributed by atoms with van der Waals surface area (Å²) in [4.78, 5) is 19.0. The van der Waals surface area contributed by atoms with E-state index in [9.17, 15) is 8.78 Å². The summed E-state index contributed by atoms with van der Waals surface area (Å²) >= 11 is 0. The second kappa shape index (κ2) is 8.63. The second-order valence-electron chi connectivity index (χ2n) is 9.80. The molecule has 9 heteroatoms. The van der Waals surface area contributed by atoms with Crippen molar-refractivity contribution in [2.45, 2.75) is 38.6 Å².